The van der Waals surface area contributed by atoms with Crippen LogP contribution >= 0.6 is 0 Å². The van der Waals surface area contributed by atoms with Crippen molar-refractivity contribution in [2.24, 2.45) is 5.73 Å². The van der Waals surface area contributed by atoms with E-state index in [-0.39, 0.29) is 6.42 Å². The number of H-pyrrole nitrogens is 1. The smallest absolute Gasteiger partial charge is 0.331 e. The minimum absolute atomic E-state index is 0.214. The lowest BCUT2D eigenvalue weighted by molar-refractivity contribution is -0.145. The second-order valence-electron chi connectivity index (χ2n) is 3.91. The van der Waals surface area contributed by atoms with Gasteiger partial charge in [-0.25, -0.2) is 4.79 Å². The number of carbonyl (C=O) groups is 2. The molecule has 0 saturated heterocycles. The molecular formula is C12H12N2O3. The van der Waals surface area contributed by atoms with Crippen molar-refractivity contribution in [3.63, 3.8) is 0 Å². The molecule has 0 bridgehead atoms. The molecule has 1 atom stereocenters. The van der Waals surface area contributed by atoms with Gasteiger partial charge in [-0.15, -0.1) is 0 Å². The van der Waals surface area contributed by atoms with E-state index in [1.165, 1.54) is 0 Å². The summed E-state index contributed by atoms with van der Waals surface area (Å²) in [5.41, 5.74) is 4.75. The fourth-order valence-electron chi connectivity index (χ4n) is 1.73. The van der Waals surface area contributed by atoms with Gasteiger partial charge in [0.2, 0.25) is 0 Å². The molecule has 0 aliphatic rings. The first kappa shape index (κ1) is 10.0. The molecule has 5 nitrogen and oxygen atoms in total. The number of carbonyl (C=O) groups excluding carboxylic acids is 1. The fraction of sp³-hybridized carbons (Fsp3) is 0.167. The van der Waals surface area contributed by atoms with Gasteiger partial charge in [0.1, 0.15) is 1.37 Å². The minimum atomic E-state index is -2.20. The molecule has 0 spiro atoms. The summed E-state index contributed by atoms with van der Waals surface area (Å²) in [5.74, 6) is -1.49. The first-order chi connectivity index (χ1) is 8.45. The maximum Gasteiger partial charge on any atom is 0.331 e. The fourth-order valence-corrected chi connectivity index (χ4v) is 1.73. The zero-order valence-electron chi connectivity index (χ0n) is 9.93. The second kappa shape index (κ2) is 4.03. The van der Waals surface area contributed by atoms with Crippen LogP contribution in [-0.2, 0) is 16.0 Å². The van der Waals surface area contributed by atoms with Crippen molar-refractivity contribution in [3.05, 3.63) is 36.0 Å². The van der Waals surface area contributed by atoms with Crippen molar-refractivity contribution >= 4 is 23.1 Å². The van der Waals surface area contributed by atoms with E-state index in [0.29, 0.717) is 5.56 Å². The van der Waals surface area contributed by atoms with E-state index in [0.717, 1.165) is 10.9 Å². The average Bonchev–Trinajstić information content (AvgIpc) is 2.72. The van der Waals surface area contributed by atoms with Gasteiger partial charge in [-0.3, -0.25) is 0 Å². The number of para-hydroxylation sites is 1. The van der Waals surface area contributed by atoms with Crippen molar-refractivity contribution in [3.8, 4) is 0 Å². The summed E-state index contributed by atoms with van der Waals surface area (Å²) in [6.07, 6.45) is 0.0904. The van der Waals surface area contributed by atoms with Crippen LogP contribution in [0.5, 0.6) is 0 Å². The van der Waals surface area contributed by atoms with Crippen LogP contribution in [0.15, 0.2) is 30.5 Å². The largest absolute Gasteiger partial charge is 0.480 e. The monoisotopic (exact) mass is 233 g/mol. The summed E-state index contributed by atoms with van der Waals surface area (Å²) >= 11 is 0. The number of aromatic nitrogens is 1. The Bertz CT molecular complexity index is 607. The molecule has 2 rings (SSSR count). The number of aromatic amines is 1. The molecule has 4 N–H and O–H groups in total. The van der Waals surface area contributed by atoms with E-state index in [9.17, 15) is 9.59 Å². The normalized spacial score (nSPS) is 15.2. The Morgan fingerprint density at radius 2 is 2.29 bits per heavy atom. The van der Waals surface area contributed by atoms with E-state index >= 15 is 0 Å². The highest BCUT2D eigenvalue weighted by Crippen LogP contribution is 2.21. The lowest BCUT2D eigenvalue weighted by Gasteiger charge is -2.16. The standard InChI is InChI=1S/C12H12N2O3/c13-12(7-15,11(16)17)5-8-6-14-10-4-2-1-3-9(8)10/h1-4,6-7,14H,5,13H2,(H,16,17)/t12-/m1/s1/i7D. The highest BCUT2D eigenvalue weighted by Gasteiger charge is 2.34. The van der Waals surface area contributed by atoms with Crippen LogP contribution in [0.25, 0.3) is 10.9 Å². The molecule has 0 saturated carbocycles. The van der Waals surface area contributed by atoms with Crippen molar-refractivity contribution in [1.82, 2.24) is 4.98 Å². The molecule has 1 aromatic heterocycles. The minimum Gasteiger partial charge on any atom is -0.480 e. The number of carboxylic acids is 1. The van der Waals surface area contributed by atoms with Gasteiger partial charge in [0.25, 0.3) is 0 Å². The van der Waals surface area contributed by atoms with Crippen molar-refractivity contribution < 1.29 is 16.1 Å². The topological polar surface area (TPSA) is 96.2 Å². The molecule has 0 aliphatic carbocycles. The van der Waals surface area contributed by atoms with E-state index < -0.39 is 17.8 Å². The van der Waals surface area contributed by atoms with Gasteiger partial charge in [0.15, 0.2) is 11.8 Å². The molecule has 0 unspecified atom stereocenters. The van der Waals surface area contributed by atoms with Gasteiger partial charge < -0.3 is 20.6 Å². The van der Waals surface area contributed by atoms with Gasteiger partial charge in [-0.05, 0) is 11.6 Å². The van der Waals surface area contributed by atoms with Gasteiger partial charge in [0, 0.05) is 23.5 Å². The first-order valence-corrected chi connectivity index (χ1v) is 5.03. The summed E-state index contributed by atoms with van der Waals surface area (Å²) in [6.45, 7) is 0. The third-order valence-electron chi connectivity index (χ3n) is 2.71. The Labute approximate surface area is 98.6 Å². The summed E-state index contributed by atoms with van der Waals surface area (Å²) in [4.78, 5) is 25.1. The van der Waals surface area contributed by atoms with Gasteiger partial charge in [0.05, 0.1) is 0 Å². The average molecular weight is 233 g/mol. The number of carboxylic acid groups (broad SMARTS) is 1. The van der Waals surface area contributed by atoms with Crippen LogP contribution in [0.1, 0.15) is 6.93 Å². The van der Waals surface area contributed by atoms with E-state index in [1.54, 1.807) is 18.3 Å². The number of fused-ring (bicyclic) bond motifs is 1. The Hall–Kier alpha value is -2.14. The summed E-state index contributed by atoms with van der Waals surface area (Å²) < 4.78 is 7.02. The number of hydrogen-bond donors (Lipinski definition) is 3. The van der Waals surface area contributed by atoms with Crippen molar-refractivity contribution in [2.45, 2.75) is 12.0 Å². The molecule has 1 aromatic carbocycles. The number of aliphatic carboxylic acids is 1. The Morgan fingerprint density at radius 3 is 2.94 bits per heavy atom. The first-order valence-electron chi connectivity index (χ1n) is 5.53. The Kier molecular flexibility index (Phi) is 2.38. The van der Waals surface area contributed by atoms with E-state index in [2.05, 4.69) is 4.98 Å². The predicted octanol–water partition coefficient (Wildman–Crippen LogP) is 0.691. The van der Waals surface area contributed by atoms with Crippen LogP contribution in [0, 0.1) is 0 Å². The van der Waals surface area contributed by atoms with Crippen LogP contribution in [0.4, 0.5) is 0 Å². The van der Waals surface area contributed by atoms with Crippen molar-refractivity contribution in [1.29, 1.82) is 0 Å². The van der Waals surface area contributed by atoms with Crippen molar-refractivity contribution in [2.75, 3.05) is 0 Å². The second-order valence-corrected chi connectivity index (χ2v) is 3.91. The molecule has 1 heterocycles. The van der Waals surface area contributed by atoms with Crippen LogP contribution in [-0.4, -0.2) is 27.9 Å². The predicted molar refractivity (Wildman–Crippen MR) is 62.6 cm³/mol. The summed E-state index contributed by atoms with van der Waals surface area (Å²) in [5, 5.41) is 9.80. The molecule has 0 fully saturated rings. The SMILES string of the molecule is [2H]C(=O)[C@](N)(Cc1c[nH]c2ccccc12)C(=O)O. The summed E-state index contributed by atoms with van der Waals surface area (Å²) in [7, 11) is 0. The number of nitrogens with two attached hydrogens (primary N) is 1. The van der Waals surface area contributed by atoms with Gasteiger partial charge in [-0.2, -0.15) is 0 Å². The molecule has 0 radical (unpaired) electrons. The lowest BCUT2D eigenvalue weighted by atomic mass is 9.93. The summed E-state index contributed by atoms with van der Waals surface area (Å²) in [6, 6.07) is 7.28. The van der Waals surface area contributed by atoms with Crippen LogP contribution in [0.3, 0.4) is 0 Å². The highest BCUT2D eigenvalue weighted by molar-refractivity contribution is 5.98. The van der Waals surface area contributed by atoms with E-state index in [4.69, 9.17) is 12.2 Å². The van der Waals surface area contributed by atoms with Gasteiger partial charge >= 0.3 is 5.97 Å². The zero-order chi connectivity index (χ0) is 13.3. The van der Waals surface area contributed by atoms with E-state index in [1.807, 2.05) is 12.1 Å². The maximum absolute atomic E-state index is 11.1. The molecule has 0 aliphatic heterocycles. The number of nitrogens with one attached hydrogen (secondary N) is 1. The number of aldehydes is 1. The third-order valence-corrected chi connectivity index (χ3v) is 2.71. The number of hydrogen-bond acceptors (Lipinski definition) is 3. The Morgan fingerprint density at radius 1 is 1.59 bits per heavy atom. The van der Waals surface area contributed by atoms with Gasteiger partial charge in [-0.1, -0.05) is 18.2 Å². The number of rotatable bonds is 4. The van der Waals surface area contributed by atoms with Crippen LogP contribution in [0.2, 0.25) is 0 Å². The maximum atomic E-state index is 11.1. The Balaban J connectivity index is 2.44. The lowest BCUT2D eigenvalue weighted by Crippen LogP contribution is -2.51. The molecule has 2 aromatic rings. The molecule has 88 valence electrons. The number of benzene rings is 1. The molecule has 17 heavy (non-hydrogen) atoms. The molecule has 0 amide bonds. The molecular weight excluding hydrogens is 220 g/mol. The third kappa shape index (κ3) is 1.92. The quantitative estimate of drug-likeness (QED) is 0.534. The highest BCUT2D eigenvalue weighted by atomic mass is 16.4. The molecule has 5 heteroatoms. The zero-order valence-corrected chi connectivity index (χ0v) is 8.93. The van der Waals surface area contributed by atoms with Crippen LogP contribution < -0.4 is 5.73 Å².